The summed E-state index contributed by atoms with van der Waals surface area (Å²) in [4.78, 5) is 2.35. The molecule has 0 spiro atoms. The molecule has 0 atom stereocenters. The normalized spacial score (nSPS) is 15.7. The lowest BCUT2D eigenvalue weighted by Gasteiger charge is -2.23. The van der Waals surface area contributed by atoms with Crippen LogP contribution in [0.25, 0.3) is 0 Å². The van der Waals surface area contributed by atoms with E-state index < -0.39 is 0 Å². The molecular formula is C12H15BrN2. The maximum absolute atomic E-state index is 3.91. The van der Waals surface area contributed by atoms with Gasteiger partial charge in [0, 0.05) is 36.3 Å². The topological polar surface area (TPSA) is 15.3 Å². The highest BCUT2D eigenvalue weighted by Crippen LogP contribution is 2.23. The van der Waals surface area contributed by atoms with E-state index in [0.29, 0.717) is 0 Å². The van der Waals surface area contributed by atoms with Gasteiger partial charge in [-0.2, -0.15) is 0 Å². The second kappa shape index (κ2) is 4.81. The van der Waals surface area contributed by atoms with Gasteiger partial charge in [-0.1, -0.05) is 40.7 Å². The van der Waals surface area contributed by atoms with E-state index in [2.05, 4.69) is 57.0 Å². The van der Waals surface area contributed by atoms with Gasteiger partial charge in [-0.15, -0.1) is 0 Å². The van der Waals surface area contributed by atoms with Crippen molar-refractivity contribution in [3.05, 3.63) is 40.9 Å². The quantitative estimate of drug-likeness (QED) is 0.885. The smallest absolute Gasteiger partial charge is 0.0489 e. The van der Waals surface area contributed by atoms with Gasteiger partial charge in [-0.05, 0) is 11.6 Å². The minimum Gasteiger partial charge on any atom is -0.365 e. The molecule has 0 amide bonds. The average molecular weight is 267 g/mol. The molecule has 0 aliphatic carbocycles. The first kappa shape index (κ1) is 10.7. The second-order valence-corrected chi connectivity index (χ2v) is 4.87. The number of para-hydroxylation sites is 1. The summed E-state index contributed by atoms with van der Waals surface area (Å²) in [6.07, 6.45) is 0. The Kier molecular flexibility index (Phi) is 3.44. The monoisotopic (exact) mass is 266 g/mol. The predicted octanol–water partition coefficient (Wildman–Crippen LogP) is 2.50. The Morgan fingerprint density at radius 2 is 2.27 bits per heavy atom. The summed E-state index contributed by atoms with van der Waals surface area (Å²) >= 11 is 3.43. The zero-order valence-corrected chi connectivity index (χ0v) is 10.3. The van der Waals surface area contributed by atoms with Gasteiger partial charge in [-0.3, -0.25) is 0 Å². The van der Waals surface area contributed by atoms with Crippen LogP contribution in [0.3, 0.4) is 0 Å². The van der Waals surface area contributed by atoms with Crippen LogP contribution in [0, 0.1) is 0 Å². The third-order valence-electron chi connectivity index (χ3n) is 2.57. The van der Waals surface area contributed by atoms with E-state index >= 15 is 0 Å². The van der Waals surface area contributed by atoms with Gasteiger partial charge in [-0.25, -0.2) is 0 Å². The van der Waals surface area contributed by atoms with Crippen molar-refractivity contribution in [3.63, 3.8) is 0 Å². The summed E-state index contributed by atoms with van der Waals surface area (Å²) in [5.41, 5.74) is 2.69. The molecule has 0 bridgehead atoms. The summed E-state index contributed by atoms with van der Waals surface area (Å²) in [6, 6.07) is 8.54. The summed E-state index contributed by atoms with van der Waals surface area (Å²) in [6.45, 7) is 7.79. The lowest BCUT2D eigenvalue weighted by atomic mass is 10.1. The van der Waals surface area contributed by atoms with Crippen molar-refractivity contribution in [1.82, 2.24) is 5.32 Å². The Labute approximate surface area is 99.1 Å². The van der Waals surface area contributed by atoms with Crippen LogP contribution in [0.4, 0.5) is 5.69 Å². The van der Waals surface area contributed by atoms with E-state index in [9.17, 15) is 0 Å². The van der Waals surface area contributed by atoms with E-state index in [1.165, 1.54) is 11.3 Å². The van der Waals surface area contributed by atoms with Crippen LogP contribution in [0.2, 0.25) is 0 Å². The maximum atomic E-state index is 3.91. The number of nitrogens with zero attached hydrogens (tertiary/aromatic N) is 1. The minimum atomic E-state index is 0.874. The van der Waals surface area contributed by atoms with Crippen LogP contribution in [-0.4, -0.2) is 19.6 Å². The van der Waals surface area contributed by atoms with Gasteiger partial charge in [0.1, 0.15) is 0 Å². The van der Waals surface area contributed by atoms with Crippen molar-refractivity contribution in [2.24, 2.45) is 0 Å². The zero-order chi connectivity index (χ0) is 10.7. The highest BCUT2D eigenvalue weighted by atomic mass is 79.9. The fraction of sp³-hybridized carbons (Fsp3) is 0.333. The fourth-order valence-electron chi connectivity index (χ4n) is 1.90. The molecule has 0 aromatic heterocycles. The molecule has 0 saturated carbocycles. The number of halogens is 1. The summed E-state index contributed by atoms with van der Waals surface area (Å²) in [5.74, 6) is 0. The summed E-state index contributed by atoms with van der Waals surface area (Å²) in [7, 11) is 0. The molecule has 1 N–H and O–H groups in total. The van der Waals surface area contributed by atoms with Gasteiger partial charge >= 0.3 is 0 Å². The molecule has 1 heterocycles. The number of rotatable bonds is 2. The van der Waals surface area contributed by atoms with Crippen molar-refractivity contribution in [1.29, 1.82) is 0 Å². The number of hydrogen-bond acceptors (Lipinski definition) is 2. The van der Waals surface area contributed by atoms with E-state index in [0.717, 1.165) is 30.7 Å². The van der Waals surface area contributed by atoms with Crippen LogP contribution in [0.5, 0.6) is 0 Å². The van der Waals surface area contributed by atoms with Gasteiger partial charge in [0.2, 0.25) is 0 Å². The third-order valence-corrected chi connectivity index (χ3v) is 2.82. The lowest BCUT2D eigenvalue weighted by molar-refractivity contribution is 0.700. The van der Waals surface area contributed by atoms with Crippen molar-refractivity contribution >= 4 is 21.6 Å². The molecule has 1 aliphatic rings. The van der Waals surface area contributed by atoms with Gasteiger partial charge in [0.05, 0.1) is 0 Å². The molecule has 1 aromatic rings. The average Bonchev–Trinajstić information content (AvgIpc) is 2.41. The van der Waals surface area contributed by atoms with Crippen molar-refractivity contribution < 1.29 is 0 Å². The van der Waals surface area contributed by atoms with Crippen molar-refractivity contribution in [2.75, 3.05) is 24.5 Å². The number of anilines is 1. The van der Waals surface area contributed by atoms with Gasteiger partial charge in [0.25, 0.3) is 0 Å². The highest BCUT2D eigenvalue weighted by Gasteiger charge is 2.13. The van der Waals surface area contributed by atoms with Crippen molar-refractivity contribution in [2.45, 2.75) is 6.54 Å². The lowest BCUT2D eigenvalue weighted by Crippen LogP contribution is -2.29. The fourth-order valence-corrected chi connectivity index (χ4v) is 2.20. The molecule has 0 unspecified atom stereocenters. The first-order chi connectivity index (χ1) is 7.27. The van der Waals surface area contributed by atoms with Crippen LogP contribution in [0.1, 0.15) is 5.56 Å². The van der Waals surface area contributed by atoms with E-state index in [1.54, 1.807) is 0 Å². The molecule has 0 radical (unpaired) electrons. The molecule has 0 fully saturated rings. The number of nitrogens with one attached hydrogen (secondary N) is 1. The molecule has 15 heavy (non-hydrogen) atoms. The minimum absolute atomic E-state index is 0.874. The summed E-state index contributed by atoms with van der Waals surface area (Å²) < 4.78 is 1.03. The van der Waals surface area contributed by atoms with E-state index in [4.69, 9.17) is 0 Å². The Morgan fingerprint density at radius 1 is 1.47 bits per heavy atom. The number of benzene rings is 1. The molecule has 1 aliphatic heterocycles. The van der Waals surface area contributed by atoms with Crippen LogP contribution in [0.15, 0.2) is 35.3 Å². The highest BCUT2D eigenvalue weighted by molar-refractivity contribution is 9.11. The Morgan fingerprint density at radius 3 is 3.07 bits per heavy atom. The molecule has 1 aromatic carbocycles. The first-order valence-corrected chi connectivity index (χ1v) is 5.93. The molecule has 2 rings (SSSR count). The van der Waals surface area contributed by atoms with Crippen LogP contribution in [-0.2, 0) is 6.54 Å². The zero-order valence-electron chi connectivity index (χ0n) is 8.67. The molecule has 80 valence electrons. The third kappa shape index (κ3) is 2.61. The molecular weight excluding hydrogens is 252 g/mol. The van der Waals surface area contributed by atoms with Crippen LogP contribution >= 0.6 is 15.9 Å². The largest absolute Gasteiger partial charge is 0.365 e. The standard InChI is InChI=1S/C12H15BrN2/c1-10(13)9-15-7-6-14-8-11-4-2-3-5-12(11)15/h2-5,14H,1,6-9H2. The Bertz CT molecular complexity index is 362. The SMILES string of the molecule is C=C(Br)CN1CCNCc2ccccc21. The van der Waals surface area contributed by atoms with Crippen molar-refractivity contribution in [3.8, 4) is 0 Å². The first-order valence-electron chi connectivity index (χ1n) is 5.14. The van der Waals surface area contributed by atoms with Gasteiger partial charge < -0.3 is 10.2 Å². The number of fused-ring (bicyclic) bond motifs is 1. The van der Waals surface area contributed by atoms with Crippen LogP contribution < -0.4 is 10.2 Å². The van der Waals surface area contributed by atoms with E-state index in [-0.39, 0.29) is 0 Å². The van der Waals surface area contributed by atoms with Gasteiger partial charge in [0.15, 0.2) is 0 Å². The Hall–Kier alpha value is -0.800. The summed E-state index contributed by atoms with van der Waals surface area (Å²) in [5, 5.41) is 3.42. The molecule has 0 saturated heterocycles. The number of hydrogen-bond donors (Lipinski definition) is 1. The second-order valence-electron chi connectivity index (χ2n) is 3.74. The Balaban J connectivity index is 2.28. The molecule has 2 nitrogen and oxygen atoms in total. The molecule has 3 heteroatoms. The maximum Gasteiger partial charge on any atom is 0.0489 e. The van der Waals surface area contributed by atoms with E-state index in [1.807, 2.05) is 0 Å². The predicted molar refractivity (Wildman–Crippen MR) is 68.4 cm³/mol.